The number of halogens is 7. The summed E-state index contributed by atoms with van der Waals surface area (Å²) < 4.78 is 52.7. The molecule has 0 fully saturated rings. The molecule has 2 aromatic carbocycles. The second-order valence-corrected chi connectivity index (χ2v) is 5.05. The fraction of sp³-hybridized carbons (Fsp3) is 0.0769. The highest BCUT2D eigenvalue weighted by Crippen LogP contribution is 2.44. The van der Waals surface area contributed by atoms with E-state index in [9.17, 15) is 17.6 Å². The molecule has 0 bridgehead atoms. The van der Waals surface area contributed by atoms with E-state index in [1.807, 2.05) is 0 Å². The van der Waals surface area contributed by atoms with E-state index in [1.54, 1.807) is 0 Å². The third-order valence-corrected chi connectivity index (χ3v) is 3.92. The van der Waals surface area contributed by atoms with Crippen molar-refractivity contribution in [2.75, 3.05) is 0 Å². The minimum atomic E-state index is -4.72. The Balaban J connectivity index is 2.80. The second-order valence-electron chi connectivity index (χ2n) is 3.88. The molecule has 2 aromatic rings. The molecular weight excluding hydrogens is 338 g/mol. The van der Waals surface area contributed by atoms with Crippen LogP contribution >= 0.6 is 34.8 Å². The third kappa shape index (κ3) is 2.73. The van der Waals surface area contributed by atoms with Crippen molar-refractivity contribution in [1.82, 2.24) is 0 Å². The van der Waals surface area contributed by atoms with E-state index in [2.05, 4.69) is 0 Å². The molecule has 0 N–H and O–H groups in total. The van der Waals surface area contributed by atoms with Gasteiger partial charge >= 0.3 is 6.18 Å². The zero-order chi connectivity index (χ0) is 15.1. The predicted octanol–water partition coefficient (Wildman–Crippen LogP) is 6.47. The van der Waals surface area contributed by atoms with Gasteiger partial charge in [-0.15, -0.1) is 0 Å². The number of benzene rings is 2. The highest BCUT2D eigenvalue weighted by atomic mass is 35.5. The number of rotatable bonds is 1. The van der Waals surface area contributed by atoms with E-state index < -0.39 is 23.1 Å². The standard InChI is InChI=1S/C13H5Cl3F4/c14-8-5-4-6(11(15)12(8)16)10-7(13(18,19)20)2-1-3-9(10)17/h1-5H. The summed E-state index contributed by atoms with van der Waals surface area (Å²) in [5, 5.41) is -0.276. The van der Waals surface area contributed by atoms with E-state index in [-0.39, 0.29) is 20.6 Å². The summed E-state index contributed by atoms with van der Waals surface area (Å²) in [5.74, 6) is -1.04. The summed E-state index contributed by atoms with van der Waals surface area (Å²) in [7, 11) is 0. The molecule has 0 nitrogen and oxygen atoms in total. The Morgan fingerprint density at radius 1 is 0.850 bits per heavy atom. The van der Waals surface area contributed by atoms with Crippen LogP contribution in [0.3, 0.4) is 0 Å². The molecule has 0 aliphatic rings. The molecule has 0 aliphatic heterocycles. The molecule has 0 heterocycles. The molecular formula is C13H5Cl3F4. The number of hydrogen-bond donors (Lipinski definition) is 0. The van der Waals surface area contributed by atoms with Crippen LogP contribution in [0.15, 0.2) is 30.3 Å². The zero-order valence-corrected chi connectivity index (χ0v) is 11.8. The van der Waals surface area contributed by atoms with Crippen LogP contribution in [0.4, 0.5) is 17.6 Å². The topological polar surface area (TPSA) is 0 Å². The highest BCUT2D eigenvalue weighted by Gasteiger charge is 2.35. The lowest BCUT2D eigenvalue weighted by Crippen LogP contribution is -2.08. The Kier molecular flexibility index (Phi) is 4.19. The summed E-state index contributed by atoms with van der Waals surface area (Å²) >= 11 is 17.4. The van der Waals surface area contributed by atoms with Gasteiger partial charge < -0.3 is 0 Å². The van der Waals surface area contributed by atoms with Crippen LogP contribution in [0.2, 0.25) is 15.1 Å². The first-order valence-corrected chi connectivity index (χ1v) is 6.36. The first-order chi connectivity index (χ1) is 9.23. The highest BCUT2D eigenvalue weighted by molar-refractivity contribution is 6.49. The first kappa shape index (κ1) is 15.4. The van der Waals surface area contributed by atoms with Gasteiger partial charge in [0, 0.05) is 11.1 Å². The normalized spacial score (nSPS) is 11.8. The first-order valence-electron chi connectivity index (χ1n) is 5.23. The van der Waals surface area contributed by atoms with Crippen LogP contribution < -0.4 is 0 Å². The number of hydrogen-bond acceptors (Lipinski definition) is 0. The maximum Gasteiger partial charge on any atom is 0.417 e. The molecule has 0 unspecified atom stereocenters. The Bertz CT molecular complexity index is 665. The van der Waals surface area contributed by atoms with Gasteiger partial charge in [-0.25, -0.2) is 4.39 Å². The van der Waals surface area contributed by atoms with E-state index in [4.69, 9.17) is 34.8 Å². The summed E-state index contributed by atoms with van der Waals surface area (Å²) in [6.07, 6.45) is -4.72. The lowest BCUT2D eigenvalue weighted by atomic mass is 9.98. The quantitative estimate of drug-likeness (QED) is 0.411. The monoisotopic (exact) mass is 342 g/mol. The van der Waals surface area contributed by atoms with E-state index in [1.165, 1.54) is 12.1 Å². The molecule has 0 saturated heterocycles. The van der Waals surface area contributed by atoms with Crippen molar-refractivity contribution >= 4 is 34.8 Å². The van der Waals surface area contributed by atoms with Crippen LogP contribution in [-0.2, 0) is 6.18 Å². The van der Waals surface area contributed by atoms with Gasteiger partial charge in [0.25, 0.3) is 0 Å². The maximum absolute atomic E-state index is 13.8. The van der Waals surface area contributed by atoms with Crippen molar-refractivity contribution in [1.29, 1.82) is 0 Å². The lowest BCUT2D eigenvalue weighted by molar-refractivity contribution is -0.137. The second kappa shape index (κ2) is 5.43. The van der Waals surface area contributed by atoms with Crippen molar-refractivity contribution < 1.29 is 17.6 Å². The Morgan fingerprint density at radius 3 is 2.10 bits per heavy atom. The number of alkyl halides is 3. The van der Waals surface area contributed by atoms with Crippen LogP contribution in [0.25, 0.3) is 11.1 Å². The molecule has 0 radical (unpaired) electrons. The maximum atomic E-state index is 13.8. The van der Waals surface area contributed by atoms with E-state index in [0.29, 0.717) is 0 Å². The van der Waals surface area contributed by atoms with Crippen LogP contribution in [0.5, 0.6) is 0 Å². The molecule has 0 spiro atoms. The smallest absolute Gasteiger partial charge is 0.206 e. The molecule has 0 amide bonds. The van der Waals surface area contributed by atoms with Gasteiger partial charge in [-0.2, -0.15) is 13.2 Å². The molecule has 0 atom stereocenters. The van der Waals surface area contributed by atoms with Gasteiger partial charge in [0.1, 0.15) is 5.82 Å². The summed E-state index contributed by atoms with van der Waals surface area (Å²) in [5.41, 5.74) is -1.94. The summed E-state index contributed by atoms with van der Waals surface area (Å²) in [6.45, 7) is 0. The third-order valence-electron chi connectivity index (χ3n) is 2.62. The molecule has 0 aromatic heterocycles. The Morgan fingerprint density at radius 2 is 1.50 bits per heavy atom. The average molecular weight is 344 g/mol. The lowest BCUT2D eigenvalue weighted by Gasteiger charge is -2.15. The molecule has 7 heteroatoms. The van der Waals surface area contributed by atoms with E-state index >= 15 is 0 Å². The van der Waals surface area contributed by atoms with Gasteiger partial charge in [-0.3, -0.25) is 0 Å². The van der Waals surface area contributed by atoms with Crippen LogP contribution in [0, 0.1) is 5.82 Å². The predicted molar refractivity (Wildman–Crippen MR) is 71.9 cm³/mol. The summed E-state index contributed by atoms with van der Waals surface area (Å²) in [6, 6.07) is 5.13. The van der Waals surface area contributed by atoms with Crippen LogP contribution in [0.1, 0.15) is 5.56 Å². The Labute approximate surface area is 126 Å². The molecule has 0 saturated carbocycles. The summed E-state index contributed by atoms with van der Waals surface area (Å²) in [4.78, 5) is 0. The fourth-order valence-corrected chi connectivity index (χ4v) is 2.38. The van der Waals surface area contributed by atoms with Crippen molar-refractivity contribution in [2.45, 2.75) is 6.18 Å². The molecule has 0 aliphatic carbocycles. The van der Waals surface area contributed by atoms with Crippen molar-refractivity contribution in [3.63, 3.8) is 0 Å². The Hall–Kier alpha value is -0.970. The minimum Gasteiger partial charge on any atom is -0.206 e. The zero-order valence-electron chi connectivity index (χ0n) is 9.53. The van der Waals surface area contributed by atoms with Gasteiger partial charge in [-0.1, -0.05) is 46.9 Å². The SMILES string of the molecule is Fc1cccc(C(F)(F)F)c1-c1ccc(Cl)c(Cl)c1Cl. The van der Waals surface area contributed by atoms with E-state index in [0.717, 1.165) is 18.2 Å². The minimum absolute atomic E-state index is 0.0744. The molecule has 106 valence electrons. The molecule has 20 heavy (non-hydrogen) atoms. The van der Waals surface area contributed by atoms with Gasteiger partial charge in [0.2, 0.25) is 0 Å². The molecule has 2 rings (SSSR count). The van der Waals surface area contributed by atoms with Crippen molar-refractivity contribution in [3.05, 3.63) is 56.8 Å². The van der Waals surface area contributed by atoms with Crippen molar-refractivity contribution in [2.24, 2.45) is 0 Å². The average Bonchev–Trinajstić information content (AvgIpc) is 2.36. The largest absolute Gasteiger partial charge is 0.417 e. The van der Waals surface area contributed by atoms with Gasteiger partial charge in [0.05, 0.1) is 20.6 Å². The van der Waals surface area contributed by atoms with Gasteiger partial charge in [0.15, 0.2) is 0 Å². The van der Waals surface area contributed by atoms with Gasteiger partial charge in [-0.05, 0) is 18.2 Å². The van der Waals surface area contributed by atoms with Crippen LogP contribution in [-0.4, -0.2) is 0 Å². The van der Waals surface area contributed by atoms with Crippen molar-refractivity contribution in [3.8, 4) is 11.1 Å². The fourth-order valence-electron chi connectivity index (χ4n) is 1.75.